The molecule has 1 aromatic carbocycles. The fourth-order valence-electron chi connectivity index (χ4n) is 2.53. The zero-order valence-corrected chi connectivity index (χ0v) is 15.0. The lowest BCUT2D eigenvalue weighted by Gasteiger charge is -2.24. The molecule has 10 heteroatoms. The summed E-state index contributed by atoms with van der Waals surface area (Å²) < 4.78 is 26.6. The maximum absolute atomic E-state index is 12.9. The number of aromatic carboxylic acids is 1. The van der Waals surface area contributed by atoms with Crippen LogP contribution in [0.4, 0.5) is 0 Å². The van der Waals surface area contributed by atoms with E-state index in [1.165, 1.54) is 26.0 Å². The van der Waals surface area contributed by atoms with E-state index in [2.05, 4.69) is 4.98 Å². The molecular formula is C16H20N2O7S. The van der Waals surface area contributed by atoms with Crippen molar-refractivity contribution < 1.29 is 28.5 Å². The molecule has 0 saturated carbocycles. The zero-order valence-electron chi connectivity index (χ0n) is 14.2. The van der Waals surface area contributed by atoms with E-state index in [0.717, 1.165) is 16.6 Å². The number of carbonyl (C=O) groups is 1. The molecule has 0 aliphatic rings. The van der Waals surface area contributed by atoms with E-state index in [0.29, 0.717) is 0 Å². The number of carboxylic acid groups (broad SMARTS) is 1. The number of carboxylic acids is 1. The summed E-state index contributed by atoms with van der Waals surface area (Å²) in [5.41, 5.74) is -1.02. The van der Waals surface area contributed by atoms with Gasteiger partial charge in [-0.3, -0.25) is 4.79 Å². The van der Waals surface area contributed by atoms with Crippen LogP contribution in [-0.2, 0) is 10.0 Å². The van der Waals surface area contributed by atoms with E-state index in [9.17, 15) is 28.2 Å². The van der Waals surface area contributed by atoms with Gasteiger partial charge in [0.2, 0.25) is 15.5 Å². The number of benzene rings is 1. The summed E-state index contributed by atoms with van der Waals surface area (Å²) in [6, 6.07) is 3.72. The first kappa shape index (κ1) is 20.0. The van der Waals surface area contributed by atoms with Crippen molar-refractivity contribution in [3.8, 4) is 0 Å². The molecule has 0 aliphatic carbocycles. The maximum Gasteiger partial charge on any atom is 0.341 e. The Kier molecular flexibility index (Phi) is 5.81. The number of aliphatic hydroxyl groups is 2. The molecule has 1 aromatic heterocycles. The van der Waals surface area contributed by atoms with Crippen molar-refractivity contribution in [2.24, 2.45) is 0 Å². The predicted octanol–water partition coefficient (Wildman–Crippen LogP) is -0.0214. The summed E-state index contributed by atoms with van der Waals surface area (Å²) in [7, 11) is -4.12. The third-order valence-corrected chi connectivity index (χ3v) is 5.48. The molecule has 0 radical (unpaired) electrons. The molecule has 0 bridgehead atoms. The smallest absolute Gasteiger partial charge is 0.341 e. The van der Waals surface area contributed by atoms with Crippen molar-refractivity contribution >= 4 is 26.9 Å². The van der Waals surface area contributed by atoms with Gasteiger partial charge in [-0.25, -0.2) is 13.2 Å². The lowest BCUT2D eigenvalue weighted by molar-refractivity contribution is 0.0695. The Balaban J connectivity index is 2.61. The van der Waals surface area contributed by atoms with Crippen LogP contribution >= 0.6 is 0 Å². The summed E-state index contributed by atoms with van der Waals surface area (Å²) in [6.45, 7) is 2.34. The Morgan fingerprint density at radius 1 is 1.19 bits per heavy atom. The van der Waals surface area contributed by atoms with Crippen LogP contribution in [0.2, 0.25) is 0 Å². The number of aliphatic hydroxyl groups excluding tert-OH is 2. The standard InChI is InChI=1S/C16H20N2O7S/c1-9(19)7-18(8-10(2)20)26(24,25)11-3-4-14-12(5-11)15(21)13(6-17-14)16(22)23/h3-6,9-10,19-20H,7-8H2,1-2H3,(H,17,21)(H,22,23). The maximum atomic E-state index is 12.9. The highest BCUT2D eigenvalue weighted by molar-refractivity contribution is 7.89. The van der Waals surface area contributed by atoms with Crippen LogP contribution in [-0.4, -0.2) is 64.3 Å². The minimum atomic E-state index is -4.12. The third-order valence-electron chi connectivity index (χ3n) is 3.66. The number of nitrogens with zero attached hydrogens (tertiary/aromatic N) is 1. The number of fused-ring (bicyclic) bond motifs is 1. The number of rotatable bonds is 7. The van der Waals surface area contributed by atoms with Crippen molar-refractivity contribution in [1.29, 1.82) is 0 Å². The summed E-state index contributed by atoms with van der Waals surface area (Å²) in [6.07, 6.45) is -0.883. The monoisotopic (exact) mass is 384 g/mol. The molecular weight excluding hydrogens is 364 g/mol. The molecule has 9 nitrogen and oxygen atoms in total. The van der Waals surface area contributed by atoms with E-state index < -0.39 is 39.2 Å². The number of pyridine rings is 1. The molecule has 1 heterocycles. The second-order valence-corrected chi connectivity index (χ2v) is 8.00. The Hall–Kier alpha value is -2.27. The zero-order chi connectivity index (χ0) is 19.6. The van der Waals surface area contributed by atoms with E-state index >= 15 is 0 Å². The average Bonchev–Trinajstić information content (AvgIpc) is 2.53. The van der Waals surface area contributed by atoms with Crippen LogP contribution in [0.15, 0.2) is 34.1 Å². The summed E-state index contributed by atoms with van der Waals surface area (Å²) in [4.78, 5) is 25.8. The lowest BCUT2D eigenvalue weighted by Crippen LogP contribution is -2.40. The van der Waals surface area contributed by atoms with E-state index in [1.807, 2.05) is 0 Å². The van der Waals surface area contributed by atoms with E-state index in [-0.39, 0.29) is 28.9 Å². The first-order chi connectivity index (χ1) is 12.0. The molecule has 0 fully saturated rings. The van der Waals surface area contributed by atoms with Gasteiger partial charge in [0.25, 0.3) is 0 Å². The number of hydrogen-bond donors (Lipinski definition) is 4. The molecule has 4 N–H and O–H groups in total. The second kappa shape index (κ2) is 7.54. The topological polar surface area (TPSA) is 148 Å². The van der Waals surface area contributed by atoms with Gasteiger partial charge in [-0.2, -0.15) is 4.31 Å². The van der Waals surface area contributed by atoms with Crippen molar-refractivity contribution in [3.05, 3.63) is 40.2 Å². The van der Waals surface area contributed by atoms with Crippen LogP contribution in [0.3, 0.4) is 0 Å². The first-order valence-electron chi connectivity index (χ1n) is 7.79. The normalized spacial score (nSPS) is 14.5. The molecule has 0 aliphatic heterocycles. The minimum Gasteiger partial charge on any atom is -0.477 e. The van der Waals surface area contributed by atoms with Crippen molar-refractivity contribution in [2.75, 3.05) is 13.1 Å². The van der Waals surface area contributed by atoms with E-state index in [4.69, 9.17) is 5.11 Å². The Morgan fingerprint density at radius 2 is 1.77 bits per heavy atom. The largest absolute Gasteiger partial charge is 0.477 e. The molecule has 2 atom stereocenters. The van der Waals surface area contributed by atoms with Crippen molar-refractivity contribution in [3.63, 3.8) is 0 Å². The van der Waals surface area contributed by atoms with Crippen LogP contribution in [0.25, 0.3) is 10.9 Å². The lowest BCUT2D eigenvalue weighted by atomic mass is 10.1. The van der Waals surface area contributed by atoms with Crippen LogP contribution in [0.1, 0.15) is 24.2 Å². The number of hydrogen-bond acceptors (Lipinski definition) is 6. The molecule has 0 saturated heterocycles. The first-order valence-corrected chi connectivity index (χ1v) is 9.23. The highest BCUT2D eigenvalue weighted by Crippen LogP contribution is 2.20. The van der Waals surface area contributed by atoms with Crippen molar-refractivity contribution in [1.82, 2.24) is 9.29 Å². The van der Waals surface area contributed by atoms with Crippen LogP contribution in [0.5, 0.6) is 0 Å². The Labute approximate surface area is 149 Å². The van der Waals surface area contributed by atoms with Gasteiger partial charge in [-0.15, -0.1) is 0 Å². The Bertz CT molecular complexity index is 970. The SMILES string of the molecule is CC(O)CN(CC(C)O)S(=O)(=O)c1ccc2[nH]cc(C(=O)O)c(=O)c2c1. The number of H-pyrrole nitrogens is 1. The summed E-state index contributed by atoms with van der Waals surface area (Å²) in [5, 5.41) is 28.1. The van der Waals surface area contributed by atoms with Gasteiger partial charge in [0.1, 0.15) is 5.56 Å². The second-order valence-electron chi connectivity index (χ2n) is 6.06. The van der Waals surface area contributed by atoms with Gasteiger partial charge >= 0.3 is 5.97 Å². The quantitative estimate of drug-likeness (QED) is 0.524. The third kappa shape index (κ3) is 4.10. The molecule has 26 heavy (non-hydrogen) atoms. The summed E-state index contributed by atoms with van der Waals surface area (Å²) in [5.74, 6) is -1.42. The van der Waals surface area contributed by atoms with Crippen LogP contribution < -0.4 is 5.43 Å². The van der Waals surface area contributed by atoms with Gasteiger partial charge in [0.05, 0.1) is 17.1 Å². The van der Waals surface area contributed by atoms with Crippen LogP contribution in [0, 0.1) is 0 Å². The minimum absolute atomic E-state index is 0.0833. The number of nitrogens with one attached hydrogen (secondary N) is 1. The Morgan fingerprint density at radius 3 is 2.27 bits per heavy atom. The average molecular weight is 384 g/mol. The number of sulfonamides is 1. The van der Waals surface area contributed by atoms with Crippen molar-refractivity contribution in [2.45, 2.75) is 31.0 Å². The van der Waals surface area contributed by atoms with Gasteiger partial charge < -0.3 is 20.3 Å². The fourth-order valence-corrected chi connectivity index (χ4v) is 4.16. The predicted molar refractivity (Wildman–Crippen MR) is 93.6 cm³/mol. The molecule has 0 spiro atoms. The number of aromatic amines is 1. The highest BCUT2D eigenvalue weighted by atomic mass is 32.2. The van der Waals surface area contributed by atoms with Gasteiger partial charge in [-0.05, 0) is 32.0 Å². The van der Waals surface area contributed by atoms with E-state index in [1.54, 1.807) is 0 Å². The van der Waals surface area contributed by atoms with Gasteiger partial charge in [0, 0.05) is 30.2 Å². The molecule has 2 unspecified atom stereocenters. The highest BCUT2D eigenvalue weighted by Gasteiger charge is 2.27. The van der Waals surface area contributed by atoms with Gasteiger partial charge in [0.15, 0.2) is 0 Å². The molecule has 0 amide bonds. The number of aromatic nitrogens is 1. The molecule has 2 aromatic rings. The van der Waals surface area contributed by atoms with Gasteiger partial charge in [-0.1, -0.05) is 0 Å². The fraction of sp³-hybridized carbons (Fsp3) is 0.375. The molecule has 2 rings (SSSR count). The summed E-state index contributed by atoms with van der Waals surface area (Å²) >= 11 is 0. The molecule has 142 valence electrons.